The van der Waals surface area contributed by atoms with E-state index < -0.39 is 0 Å². The summed E-state index contributed by atoms with van der Waals surface area (Å²) in [7, 11) is 0. The Labute approximate surface area is 105 Å². The third kappa shape index (κ3) is 3.00. The summed E-state index contributed by atoms with van der Waals surface area (Å²) >= 11 is 0. The molecule has 2 rings (SSSR count). The normalized spacial score (nSPS) is 33.6. The van der Waals surface area contributed by atoms with Gasteiger partial charge in [-0.3, -0.25) is 0 Å². The quantitative estimate of drug-likeness (QED) is 0.758. The molecule has 1 saturated carbocycles. The molecule has 0 spiro atoms. The highest BCUT2D eigenvalue weighted by Crippen LogP contribution is 2.35. The van der Waals surface area contributed by atoms with Crippen molar-refractivity contribution in [1.82, 2.24) is 10.2 Å². The molecule has 17 heavy (non-hydrogen) atoms. The van der Waals surface area contributed by atoms with Crippen molar-refractivity contribution in [3.63, 3.8) is 0 Å². The number of nitriles is 1. The van der Waals surface area contributed by atoms with E-state index in [2.05, 4.69) is 30.1 Å². The molecule has 0 amide bonds. The first-order valence-corrected chi connectivity index (χ1v) is 7.06. The highest BCUT2D eigenvalue weighted by atomic mass is 15.2. The number of rotatable bonds is 4. The first-order chi connectivity index (χ1) is 8.22. The second-order valence-corrected chi connectivity index (χ2v) is 5.89. The smallest absolute Gasteiger partial charge is 0.0635 e. The van der Waals surface area contributed by atoms with Gasteiger partial charge in [-0.05, 0) is 38.5 Å². The van der Waals surface area contributed by atoms with Gasteiger partial charge in [0.1, 0.15) is 0 Å². The van der Waals surface area contributed by atoms with Gasteiger partial charge in [0.2, 0.25) is 0 Å². The maximum absolute atomic E-state index is 8.62. The van der Waals surface area contributed by atoms with Crippen molar-refractivity contribution >= 4 is 0 Å². The van der Waals surface area contributed by atoms with Crippen molar-refractivity contribution in [3.05, 3.63) is 0 Å². The zero-order valence-electron chi connectivity index (χ0n) is 11.2. The van der Waals surface area contributed by atoms with Crippen LogP contribution in [0.3, 0.4) is 0 Å². The Morgan fingerprint density at radius 1 is 1.29 bits per heavy atom. The summed E-state index contributed by atoms with van der Waals surface area (Å²) in [6.45, 7) is 7.98. The second kappa shape index (κ2) is 5.84. The molecule has 0 aromatic rings. The van der Waals surface area contributed by atoms with E-state index in [1.165, 1.54) is 32.4 Å². The summed E-state index contributed by atoms with van der Waals surface area (Å²) < 4.78 is 0. The van der Waals surface area contributed by atoms with Crippen LogP contribution in [0.25, 0.3) is 0 Å². The van der Waals surface area contributed by atoms with Crippen molar-refractivity contribution in [2.24, 2.45) is 11.8 Å². The third-order valence-corrected chi connectivity index (χ3v) is 4.45. The molecule has 0 aromatic carbocycles. The lowest BCUT2D eigenvalue weighted by Crippen LogP contribution is -2.58. The molecule has 0 radical (unpaired) electrons. The summed E-state index contributed by atoms with van der Waals surface area (Å²) in [4.78, 5) is 2.64. The summed E-state index contributed by atoms with van der Waals surface area (Å²) in [5, 5.41) is 12.3. The Kier molecular flexibility index (Phi) is 4.42. The minimum Gasteiger partial charge on any atom is -0.312 e. The number of fused-ring (bicyclic) bond motifs is 2. The van der Waals surface area contributed by atoms with Gasteiger partial charge in [-0.15, -0.1) is 0 Å². The average Bonchev–Trinajstić information content (AvgIpc) is 2.28. The Hall–Kier alpha value is -0.590. The lowest BCUT2D eigenvalue weighted by atomic mass is 9.73. The van der Waals surface area contributed by atoms with Crippen LogP contribution < -0.4 is 5.32 Å². The molecule has 1 heterocycles. The van der Waals surface area contributed by atoms with E-state index in [9.17, 15) is 0 Å². The maximum atomic E-state index is 8.62. The zero-order valence-corrected chi connectivity index (χ0v) is 11.2. The van der Waals surface area contributed by atoms with Gasteiger partial charge in [0.25, 0.3) is 0 Å². The van der Waals surface area contributed by atoms with Gasteiger partial charge in [-0.1, -0.05) is 6.42 Å². The fourth-order valence-electron chi connectivity index (χ4n) is 3.52. The number of hydrogen-bond donors (Lipinski definition) is 1. The highest BCUT2D eigenvalue weighted by molar-refractivity contribution is 4.95. The molecular formula is C14H25N3. The number of nitrogens with zero attached hydrogens (tertiary/aromatic N) is 2. The lowest BCUT2D eigenvalue weighted by Gasteiger charge is -2.49. The predicted octanol–water partition coefficient (Wildman–Crippen LogP) is 2.00. The molecule has 96 valence electrons. The summed E-state index contributed by atoms with van der Waals surface area (Å²) in [6.07, 6.45) is 4.77. The van der Waals surface area contributed by atoms with Crippen LogP contribution in [0.4, 0.5) is 0 Å². The van der Waals surface area contributed by atoms with Gasteiger partial charge >= 0.3 is 0 Å². The fraction of sp³-hybridized carbons (Fsp3) is 0.929. The van der Waals surface area contributed by atoms with E-state index in [4.69, 9.17) is 5.26 Å². The Balaban J connectivity index is 1.93. The van der Waals surface area contributed by atoms with Crippen molar-refractivity contribution in [2.45, 2.75) is 51.6 Å². The molecule has 2 aliphatic rings. The summed E-state index contributed by atoms with van der Waals surface area (Å²) in [5.41, 5.74) is 0. The molecule has 1 aliphatic carbocycles. The molecule has 1 aliphatic heterocycles. The molecular weight excluding hydrogens is 210 g/mol. The third-order valence-electron chi connectivity index (χ3n) is 4.45. The van der Waals surface area contributed by atoms with E-state index in [0.717, 1.165) is 18.4 Å². The van der Waals surface area contributed by atoms with Crippen molar-refractivity contribution in [3.8, 4) is 6.07 Å². The molecule has 2 fully saturated rings. The first kappa shape index (κ1) is 12.9. The maximum Gasteiger partial charge on any atom is 0.0635 e. The average molecular weight is 235 g/mol. The lowest BCUT2D eigenvalue weighted by molar-refractivity contribution is 0.0301. The van der Waals surface area contributed by atoms with Gasteiger partial charge in [0.15, 0.2) is 0 Å². The number of nitrogens with one attached hydrogen (secondary N) is 1. The minimum absolute atomic E-state index is 0.643. The number of likely N-dealkylation sites (tertiary alicyclic amines) is 1. The van der Waals surface area contributed by atoms with Crippen LogP contribution in [0.2, 0.25) is 0 Å². The van der Waals surface area contributed by atoms with Crippen LogP contribution in [-0.2, 0) is 0 Å². The van der Waals surface area contributed by atoms with Crippen LogP contribution in [0.1, 0.15) is 39.5 Å². The highest BCUT2D eigenvalue weighted by Gasteiger charge is 2.39. The minimum atomic E-state index is 0.643. The van der Waals surface area contributed by atoms with Crippen molar-refractivity contribution in [2.75, 3.05) is 19.6 Å². The van der Waals surface area contributed by atoms with Gasteiger partial charge in [-0.2, -0.15) is 5.26 Å². The van der Waals surface area contributed by atoms with Crippen LogP contribution >= 0.6 is 0 Å². The van der Waals surface area contributed by atoms with E-state index in [1.54, 1.807) is 0 Å². The van der Waals surface area contributed by atoms with Crippen LogP contribution in [0.5, 0.6) is 0 Å². The number of piperidine rings is 1. The van der Waals surface area contributed by atoms with Gasteiger partial charge in [0, 0.05) is 38.1 Å². The van der Waals surface area contributed by atoms with Crippen LogP contribution in [0.15, 0.2) is 0 Å². The first-order valence-electron chi connectivity index (χ1n) is 7.06. The Bertz CT molecular complexity index is 268. The van der Waals surface area contributed by atoms with Crippen molar-refractivity contribution in [1.29, 1.82) is 5.26 Å². The molecule has 3 heteroatoms. The molecule has 2 atom stereocenters. The zero-order chi connectivity index (χ0) is 12.3. The summed E-state index contributed by atoms with van der Waals surface area (Å²) in [6, 6.07) is 3.58. The molecule has 3 nitrogen and oxygen atoms in total. The van der Waals surface area contributed by atoms with Crippen molar-refractivity contribution < 1.29 is 0 Å². The second-order valence-electron chi connectivity index (χ2n) is 5.89. The van der Waals surface area contributed by atoms with E-state index in [-0.39, 0.29) is 0 Å². The van der Waals surface area contributed by atoms with E-state index in [0.29, 0.717) is 18.5 Å². The Morgan fingerprint density at radius 2 is 1.94 bits per heavy atom. The van der Waals surface area contributed by atoms with E-state index >= 15 is 0 Å². The molecule has 2 bridgehead atoms. The molecule has 2 unspecified atom stereocenters. The van der Waals surface area contributed by atoms with Gasteiger partial charge in [-0.25, -0.2) is 0 Å². The van der Waals surface area contributed by atoms with Gasteiger partial charge < -0.3 is 10.2 Å². The summed E-state index contributed by atoms with van der Waals surface area (Å²) in [5.74, 6) is 1.62. The molecule has 1 saturated heterocycles. The largest absolute Gasteiger partial charge is 0.312 e. The number of hydrogen-bond acceptors (Lipinski definition) is 3. The predicted molar refractivity (Wildman–Crippen MR) is 69.6 cm³/mol. The fourth-order valence-corrected chi connectivity index (χ4v) is 3.52. The van der Waals surface area contributed by atoms with E-state index in [1.807, 2.05) is 0 Å². The topological polar surface area (TPSA) is 39.1 Å². The standard InChI is InChI=1S/C14H25N3/c1-11(2)17-9-12-5-3-6-13(10-17)14(12)16-8-4-7-15/h11-14,16H,3-6,8-10H2,1-2H3. The van der Waals surface area contributed by atoms with Crippen LogP contribution in [-0.4, -0.2) is 36.6 Å². The Morgan fingerprint density at radius 3 is 2.47 bits per heavy atom. The molecule has 0 aromatic heterocycles. The SMILES string of the molecule is CC(C)N1CC2CCCC(C1)C2NCCC#N. The monoisotopic (exact) mass is 235 g/mol. The molecule has 1 N–H and O–H groups in total. The van der Waals surface area contributed by atoms with Crippen LogP contribution in [0, 0.1) is 23.2 Å². The van der Waals surface area contributed by atoms with Gasteiger partial charge in [0.05, 0.1) is 6.07 Å².